The predicted molar refractivity (Wildman–Crippen MR) is 80.0 cm³/mol. The van der Waals surface area contributed by atoms with E-state index in [1.807, 2.05) is 18.2 Å². The summed E-state index contributed by atoms with van der Waals surface area (Å²) in [6.07, 6.45) is -0.768. The Bertz CT molecular complexity index is 607. The van der Waals surface area contributed by atoms with Crippen molar-refractivity contribution >= 4 is 33.8 Å². The molecule has 1 aromatic carbocycles. The lowest BCUT2D eigenvalue weighted by Crippen LogP contribution is -2.39. The molecule has 0 saturated carbocycles. The van der Waals surface area contributed by atoms with Crippen molar-refractivity contribution < 1.29 is 19.8 Å². The quantitative estimate of drug-likeness (QED) is 0.749. The third-order valence-corrected chi connectivity index (χ3v) is 5.03. The molecule has 0 bridgehead atoms. The van der Waals surface area contributed by atoms with Gasteiger partial charge in [-0.2, -0.15) is 0 Å². The van der Waals surface area contributed by atoms with Gasteiger partial charge in [0.25, 0.3) is 0 Å². The van der Waals surface area contributed by atoms with Crippen LogP contribution in [0.25, 0.3) is 0 Å². The largest absolute Gasteiger partial charge is 0.465 e. The Kier molecular flexibility index (Phi) is 3.52. The van der Waals surface area contributed by atoms with Gasteiger partial charge in [0.15, 0.2) is 0 Å². The van der Waals surface area contributed by atoms with E-state index in [9.17, 15) is 14.7 Å². The number of carbonyl (C=O) groups is 2. The average molecular weight is 355 g/mol. The van der Waals surface area contributed by atoms with E-state index in [-0.39, 0.29) is 12.0 Å². The molecule has 3 rings (SSSR count). The predicted octanol–water partition coefficient (Wildman–Crippen LogP) is 3.17. The van der Waals surface area contributed by atoms with Crippen LogP contribution in [-0.2, 0) is 0 Å². The first-order valence-electron chi connectivity index (χ1n) is 6.79. The molecule has 7 heteroatoms. The topological polar surface area (TPSA) is 81.1 Å². The molecule has 2 aliphatic rings. The molecule has 2 atom stereocenters. The fourth-order valence-electron chi connectivity index (χ4n) is 3.45. The number of hydrogen-bond acceptors (Lipinski definition) is 2. The number of rotatable bonds is 0. The van der Waals surface area contributed by atoms with Crippen LogP contribution >= 0.6 is 15.9 Å². The molecule has 1 saturated heterocycles. The minimum atomic E-state index is -0.981. The fraction of sp³-hybridized carbons (Fsp3) is 0.429. The summed E-state index contributed by atoms with van der Waals surface area (Å²) in [6.45, 7) is 0.802. The van der Waals surface area contributed by atoms with Gasteiger partial charge in [-0.15, -0.1) is 0 Å². The molecule has 0 radical (unpaired) electrons. The van der Waals surface area contributed by atoms with Crippen molar-refractivity contribution in [1.29, 1.82) is 0 Å². The highest BCUT2D eigenvalue weighted by molar-refractivity contribution is 9.10. The van der Waals surface area contributed by atoms with E-state index in [1.165, 1.54) is 9.80 Å². The van der Waals surface area contributed by atoms with Crippen LogP contribution in [0.5, 0.6) is 0 Å². The fourth-order valence-corrected chi connectivity index (χ4v) is 4.10. The van der Waals surface area contributed by atoms with Crippen molar-refractivity contribution in [3.63, 3.8) is 0 Å². The molecule has 6 nitrogen and oxygen atoms in total. The molecule has 2 N–H and O–H groups in total. The van der Waals surface area contributed by atoms with Gasteiger partial charge < -0.3 is 15.1 Å². The number of carboxylic acid groups (broad SMARTS) is 2. The van der Waals surface area contributed by atoms with E-state index < -0.39 is 12.2 Å². The summed E-state index contributed by atoms with van der Waals surface area (Å²) in [7, 11) is 0. The van der Waals surface area contributed by atoms with Crippen LogP contribution in [-0.4, -0.2) is 46.4 Å². The summed E-state index contributed by atoms with van der Waals surface area (Å²) < 4.78 is 0.891. The summed E-state index contributed by atoms with van der Waals surface area (Å²) in [5.41, 5.74) is 1.70. The lowest BCUT2D eigenvalue weighted by Gasteiger charge is -2.24. The van der Waals surface area contributed by atoms with Gasteiger partial charge in [-0.3, -0.25) is 4.90 Å². The highest BCUT2D eigenvalue weighted by Gasteiger charge is 2.44. The summed E-state index contributed by atoms with van der Waals surface area (Å²) >= 11 is 3.51. The SMILES string of the molecule is O=C(O)N1CCC2c3c(Br)cccc3N(C(=O)O)C2CC1. The molecule has 1 aromatic rings. The Hall–Kier alpha value is -1.76. The maximum atomic E-state index is 11.6. The van der Waals surface area contributed by atoms with Crippen LogP contribution in [0, 0.1) is 0 Å². The van der Waals surface area contributed by atoms with Crippen LogP contribution in [0.4, 0.5) is 15.3 Å². The molecule has 1 fully saturated rings. The lowest BCUT2D eigenvalue weighted by molar-refractivity contribution is 0.146. The average Bonchev–Trinajstić information content (AvgIpc) is 2.59. The van der Waals surface area contributed by atoms with Crippen LogP contribution < -0.4 is 4.90 Å². The molecular weight excluding hydrogens is 340 g/mol. The van der Waals surface area contributed by atoms with Gasteiger partial charge in [-0.1, -0.05) is 22.0 Å². The molecule has 0 aliphatic carbocycles. The van der Waals surface area contributed by atoms with Crippen molar-refractivity contribution in [3.8, 4) is 0 Å². The number of halogens is 1. The number of hydrogen-bond donors (Lipinski definition) is 2. The maximum Gasteiger partial charge on any atom is 0.412 e. The second kappa shape index (κ2) is 5.22. The second-order valence-corrected chi connectivity index (χ2v) is 6.20. The van der Waals surface area contributed by atoms with Crippen LogP contribution in [0.2, 0.25) is 0 Å². The Labute approximate surface area is 130 Å². The zero-order chi connectivity index (χ0) is 15.1. The van der Waals surface area contributed by atoms with Crippen LogP contribution in [0.1, 0.15) is 24.3 Å². The Morgan fingerprint density at radius 1 is 1.14 bits per heavy atom. The van der Waals surface area contributed by atoms with E-state index in [2.05, 4.69) is 15.9 Å². The summed E-state index contributed by atoms with van der Waals surface area (Å²) in [4.78, 5) is 25.5. The Morgan fingerprint density at radius 3 is 2.52 bits per heavy atom. The highest BCUT2D eigenvalue weighted by atomic mass is 79.9. The number of anilines is 1. The zero-order valence-electron chi connectivity index (χ0n) is 11.2. The number of benzene rings is 1. The Balaban J connectivity index is 2.02. The molecular formula is C14H15BrN2O4. The lowest BCUT2D eigenvalue weighted by atomic mass is 9.91. The normalized spacial score (nSPS) is 24.2. The van der Waals surface area contributed by atoms with Gasteiger partial charge in [0.1, 0.15) is 0 Å². The molecule has 0 spiro atoms. The van der Waals surface area contributed by atoms with Gasteiger partial charge in [-0.25, -0.2) is 9.59 Å². The first kappa shape index (κ1) is 14.2. The molecule has 21 heavy (non-hydrogen) atoms. The van der Waals surface area contributed by atoms with Crippen molar-refractivity contribution in [2.24, 2.45) is 0 Å². The van der Waals surface area contributed by atoms with Gasteiger partial charge in [0, 0.05) is 29.5 Å². The molecule has 112 valence electrons. The minimum Gasteiger partial charge on any atom is -0.465 e. The molecule has 2 aliphatic heterocycles. The van der Waals surface area contributed by atoms with Gasteiger partial charge >= 0.3 is 12.2 Å². The van der Waals surface area contributed by atoms with Crippen molar-refractivity contribution in [3.05, 3.63) is 28.2 Å². The Morgan fingerprint density at radius 2 is 1.86 bits per heavy atom. The van der Waals surface area contributed by atoms with Crippen molar-refractivity contribution in [2.45, 2.75) is 24.8 Å². The third-order valence-electron chi connectivity index (χ3n) is 4.34. The van der Waals surface area contributed by atoms with Gasteiger partial charge in [0.05, 0.1) is 5.69 Å². The number of nitrogens with zero attached hydrogens (tertiary/aromatic N) is 2. The standard InChI is InChI=1S/C14H15BrN2O4/c15-9-2-1-3-11-12(9)8-4-6-16(13(18)19)7-5-10(8)17(11)14(20)21/h1-3,8,10H,4-7H2,(H,18,19)(H,20,21). The molecule has 2 amide bonds. The molecule has 0 aromatic heterocycles. The second-order valence-electron chi connectivity index (χ2n) is 5.35. The minimum absolute atomic E-state index is 0.0380. The summed E-state index contributed by atoms with van der Waals surface area (Å²) in [5.74, 6) is 0.0380. The van der Waals surface area contributed by atoms with E-state index in [4.69, 9.17) is 5.11 Å². The maximum absolute atomic E-state index is 11.6. The number of fused-ring (bicyclic) bond motifs is 3. The highest BCUT2D eigenvalue weighted by Crippen LogP contribution is 2.48. The van der Waals surface area contributed by atoms with E-state index in [0.29, 0.717) is 25.9 Å². The smallest absolute Gasteiger partial charge is 0.412 e. The summed E-state index contributed by atoms with van der Waals surface area (Å²) in [5, 5.41) is 18.7. The first-order valence-corrected chi connectivity index (χ1v) is 7.58. The van der Waals surface area contributed by atoms with E-state index in [1.54, 1.807) is 0 Å². The summed E-state index contributed by atoms with van der Waals surface area (Å²) in [6, 6.07) is 5.35. The molecule has 2 unspecified atom stereocenters. The van der Waals surface area contributed by atoms with E-state index in [0.717, 1.165) is 15.7 Å². The van der Waals surface area contributed by atoms with Gasteiger partial charge in [-0.05, 0) is 30.5 Å². The third kappa shape index (κ3) is 2.25. The van der Waals surface area contributed by atoms with E-state index >= 15 is 0 Å². The van der Waals surface area contributed by atoms with Crippen LogP contribution in [0.15, 0.2) is 22.7 Å². The van der Waals surface area contributed by atoms with Gasteiger partial charge in [0.2, 0.25) is 0 Å². The first-order chi connectivity index (χ1) is 10.0. The van der Waals surface area contributed by atoms with Crippen molar-refractivity contribution in [1.82, 2.24) is 4.90 Å². The zero-order valence-corrected chi connectivity index (χ0v) is 12.8. The number of amides is 2. The van der Waals surface area contributed by atoms with Crippen molar-refractivity contribution in [2.75, 3.05) is 18.0 Å². The van der Waals surface area contributed by atoms with Crippen LogP contribution in [0.3, 0.4) is 0 Å². The monoisotopic (exact) mass is 354 g/mol. The number of likely N-dealkylation sites (tertiary alicyclic amines) is 1. The molecule has 2 heterocycles.